The van der Waals surface area contributed by atoms with Gasteiger partial charge in [-0.2, -0.15) is 0 Å². The van der Waals surface area contributed by atoms with E-state index in [2.05, 4.69) is 10.3 Å². The number of amides is 2. The fourth-order valence-corrected chi connectivity index (χ4v) is 2.65. The molecule has 1 unspecified atom stereocenters. The molecule has 2 aromatic rings. The highest BCUT2D eigenvalue weighted by atomic mass is 19.1. The van der Waals surface area contributed by atoms with Crippen molar-refractivity contribution in [1.29, 1.82) is 0 Å². The van der Waals surface area contributed by atoms with Gasteiger partial charge in [-0.05, 0) is 24.6 Å². The predicted octanol–water partition coefficient (Wildman–Crippen LogP) is 2.81. The second-order valence-corrected chi connectivity index (χ2v) is 5.79. The zero-order valence-electron chi connectivity index (χ0n) is 13.5. The van der Waals surface area contributed by atoms with E-state index in [1.165, 1.54) is 6.07 Å². The summed E-state index contributed by atoms with van der Waals surface area (Å²) in [5.41, 5.74) is 2.36. The largest absolute Gasteiger partial charge is 0.370 e. The lowest BCUT2D eigenvalue weighted by Gasteiger charge is -2.33. The number of carbonyl (C=O) groups is 1. The maximum Gasteiger partial charge on any atom is 0.317 e. The summed E-state index contributed by atoms with van der Waals surface area (Å²) in [5, 5.41) is 2.87. The highest BCUT2D eigenvalue weighted by Crippen LogP contribution is 2.24. The molecule has 0 bridgehead atoms. The summed E-state index contributed by atoms with van der Waals surface area (Å²) in [6.45, 7) is 3.53. The molecule has 1 fully saturated rings. The number of morpholine rings is 1. The van der Waals surface area contributed by atoms with Crippen molar-refractivity contribution in [1.82, 2.24) is 15.2 Å². The lowest BCUT2D eigenvalue weighted by atomic mass is 10.1. The molecule has 1 aromatic carbocycles. The van der Waals surface area contributed by atoms with E-state index in [4.69, 9.17) is 4.74 Å². The third-order valence-electron chi connectivity index (χ3n) is 4.02. The highest BCUT2D eigenvalue weighted by molar-refractivity contribution is 5.74. The molecule has 126 valence electrons. The fourth-order valence-electron chi connectivity index (χ4n) is 2.65. The fraction of sp³-hybridized carbons (Fsp3) is 0.333. The monoisotopic (exact) mass is 329 g/mol. The molecule has 0 saturated carbocycles. The number of pyridine rings is 1. The normalized spacial score (nSPS) is 17.6. The van der Waals surface area contributed by atoms with Crippen molar-refractivity contribution in [3.8, 4) is 0 Å². The molecular weight excluding hydrogens is 309 g/mol. The molecule has 1 saturated heterocycles. The van der Waals surface area contributed by atoms with Gasteiger partial charge in [0.15, 0.2) is 0 Å². The summed E-state index contributed by atoms with van der Waals surface area (Å²) in [6, 6.07) is 10.2. The highest BCUT2D eigenvalue weighted by Gasteiger charge is 2.26. The van der Waals surface area contributed by atoms with Crippen LogP contribution in [0.15, 0.2) is 42.6 Å². The Morgan fingerprint density at radius 1 is 1.38 bits per heavy atom. The Kier molecular flexibility index (Phi) is 5.05. The van der Waals surface area contributed by atoms with Gasteiger partial charge in [0.05, 0.1) is 13.2 Å². The first kappa shape index (κ1) is 16.4. The molecule has 2 heterocycles. The van der Waals surface area contributed by atoms with Crippen LogP contribution in [-0.4, -0.2) is 35.6 Å². The Labute approximate surface area is 140 Å². The third kappa shape index (κ3) is 3.89. The molecule has 1 aliphatic rings. The van der Waals surface area contributed by atoms with Crippen molar-refractivity contribution in [3.05, 3.63) is 65.2 Å². The molecule has 2 amide bonds. The second kappa shape index (κ2) is 7.40. The van der Waals surface area contributed by atoms with E-state index in [0.717, 1.165) is 11.3 Å². The van der Waals surface area contributed by atoms with Crippen molar-refractivity contribution in [2.24, 2.45) is 0 Å². The number of hydrogen-bond acceptors (Lipinski definition) is 3. The van der Waals surface area contributed by atoms with Crippen LogP contribution in [0.25, 0.3) is 0 Å². The molecule has 3 rings (SSSR count). The standard InChI is InChI=1S/C18H20FN3O2/c1-13-6-7-14(10-20-13)11-21-18(23)22-8-9-24-17(12-22)15-4-2-3-5-16(15)19/h2-7,10,17H,8-9,11-12H2,1H3,(H,21,23). The average molecular weight is 329 g/mol. The van der Waals surface area contributed by atoms with Crippen molar-refractivity contribution in [2.75, 3.05) is 19.7 Å². The quantitative estimate of drug-likeness (QED) is 0.942. The van der Waals surface area contributed by atoms with Crippen molar-refractivity contribution < 1.29 is 13.9 Å². The zero-order valence-corrected chi connectivity index (χ0v) is 13.5. The van der Waals surface area contributed by atoms with Crippen LogP contribution in [0.4, 0.5) is 9.18 Å². The number of nitrogens with zero attached hydrogens (tertiary/aromatic N) is 2. The second-order valence-electron chi connectivity index (χ2n) is 5.79. The molecule has 0 spiro atoms. The number of nitrogens with one attached hydrogen (secondary N) is 1. The molecular formula is C18H20FN3O2. The van der Waals surface area contributed by atoms with Crippen LogP contribution in [-0.2, 0) is 11.3 Å². The molecule has 24 heavy (non-hydrogen) atoms. The Balaban J connectivity index is 1.59. The zero-order chi connectivity index (χ0) is 16.9. The van der Waals surface area contributed by atoms with E-state index in [1.807, 2.05) is 19.1 Å². The molecule has 5 nitrogen and oxygen atoms in total. The average Bonchev–Trinajstić information content (AvgIpc) is 2.61. The van der Waals surface area contributed by atoms with E-state index < -0.39 is 6.10 Å². The maximum atomic E-state index is 13.9. The van der Waals surface area contributed by atoms with Crippen LogP contribution in [0.2, 0.25) is 0 Å². The third-order valence-corrected chi connectivity index (χ3v) is 4.02. The van der Waals surface area contributed by atoms with Gasteiger partial charge in [-0.15, -0.1) is 0 Å². The lowest BCUT2D eigenvalue weighted by molar-refractivity contribution is -0.0171. The van der Waals surface area contributed by atoms with E-state index >= 15 is 0 Å². The number of ether oxygens (including phenoxy) is 1. The number of hydrogen-bond donors (Lipinski definition) is 1. The summed E-state index contributed by atoms with van der Waals surface area (Å²) >= 11 is 0. The number of rotatable bonds is 3. The maximum absolute atomic E-state index is 13.9. The lowest BCUT2D eigenvalue weighted by Crippen LogP contribution is -2.47. The van der Waals surface area contributed by atoms with Gasteiger partial charge in [0, 0.05) is 30.5 Å². The SMILES string of the molecule is Cc1ccc(CNC(=O)N2CCOC(c3ccccc3F)C2)cn1. The smallest absolute Gasteiger partial charge is 0.317 e. The molecule has 6 heteroatoms. The first-order valence-corrected chi connectivity index (χ1v) is 7.94. The molecule has 0 aliphatic carbocycles. The number of aryl methyl sites for hydroxylation is 1. The van der Waals surface area contributed by atoms with Gasteiger partial charge < -0.3 is 15.0 Å². The van der Waals surface area contributed by atoms with Gasteiger partial charge in [-0.3, -0.25) is 4.98 Å². The minimum Gasteiger partial charge on any atom is -0.370 e. The van der Waals surface area contributed by atoms with E-state index in [9.17, 15) is 9.18 Å². The number of carbonyl (C=O) groups excluding carboxylic acids is 1. The van der Waals surface area contributed by atoms with Crippen LogP contribution in [0.3, 0.4) is 0 Å². The van der Waals surface area contributed by atoms with E-state index in [1.54, 1.807) is 29.3 Å². The van der Waals surface area contributed by atoms with Crippen LogP contribution in [0, 0.1) is 12.7 Å². The first-order chi connectivity index (χ1) is 11.6. The summed E-state index contributed by atoms with van der Waals surface area (Å²) in [6.07, 6.45) is 1.31. The molecule has 1 aromatic heterocycles. The van der Waals surface area contributed by atoms with Gasteiger partial charge >= 0.3 is 6.03 Å². The summed E-state index contributed by atoms with van der Waals surface area (Å²) in [4.78, 5) is 18.2. The number of halogens is 1. The molecule has 1 N–H and O–H groups in total. The van der Waals surface area contributed by atoms with Crippen LogP contribution in [0.1, 0.15) is 22.9 Å². The van der Waals surface area contributed by atoms with Gasteiger partial charge in [-0.1, -0.05) is 24.3 Å². The summed E-state index contributed by atoms with van der Waals surface area (Å²) in [5.74, 6) is -0.310. The van der Waals surface area contributed by atoms with Crippen LogP contribution >= 0.6 is 0 Å². The number of aromatic nitrogens is 1. The first-order valence-electron chi connectivity index (χ1n) is 7.94. The molecule has 0 radical (unpaired) electrons. The van der Waals surface area contributed by atoms with Crippen LogP contribution < -0.4 is 5.32 Å². The van der Waals surface area contributed by atoms with E-state index in [0.29, 0.717) is 31.8 Å². The van der Waals surface area contributed by atoms with Crippen LogP contribution in [0.5, 0.6) is 0 Å². The van der Waals surface area contributed by atoms with Crippen molar-refractivity contribution in [2.45, 2.75) is 19.6 Å². The van der Waals surface area contributed by atoms with Gasteiger partial charge in [-0.25, -0.2) is 9.18 Å². The minimum atomic E-state index is -0.438. The Morgan fingerprint density at radius 2 is 2.21 bits per heavy atom. The Morgan fingerprint density at radius 3 is 2.96 bits per heavy atom. The molecule has 1 atom stereocenters. The summed E-state index contributed by atoms with van der Waals surface area (Å²) in [7, 11) is 0. The summed E-state index contributed by atoms with van der Waals surface area (Å²) < 4.78 is 19.5. The molecule has 1 aliphatic heterocycles. The van der Waals surface area contributed by atoms with Crippen molar-refractivity contribution in [3.63, 3.8) is 0 Å². The number of urea groups is 1. The Bertz CT molecular complexity index is 706. The number of benzene rings is 1. The van der Waals surface area contributed by atoms with Gasteiger partial charge in [0.2, 0.25) is 0 Å². The van der Waals surface area contributed by atoms with E-state index in [-0.39, 0.29) is 11.8 Å². The van der Waals surface area contributed by atoms with Gasteiger partial charge in [0.25, 0.3) is 0 Å². The predicted molar refractivity (Wildman–Crippen MR) is 87.9 cm³/mol. The Hall–Kier alpha value is -2.47. The topological polar surface area (TPSA) is 54.5 Å². The minimum absolute atomic E-state index is 0.180. The van der Waals surface area contributed by atoms with Crippen molar-refractivity contribution >= 4 is 6.03 Å². The van der Waals surface area contributed by atoms with Gasteiger partial charge in [0.1, 0.15) is 11.9 Å².